The van der Waals surface area contributed by atoms with E-state index in [9.17, 15) is 32.5 Å². The average molecular weight is 599 g/mol. The van der Waals surface area contributed by atoms with Gasteiger partial charge in [-0.25, -0.2) is 32.1 Å². The first kappa shape index (κ1) is 28.3. The van der Waals surface area contributed by atoms with Gasteiger partial charge >= 0.3 is 5.97 Å². The zero-order chi connectivity index (χ0) is 29.3. The number of sulfonamides is 1. The van der Waals surface area contributed by atoms with E-state index in [-0.39, 0.29) is 23.4 Å². The number of thiazole rings is 1. The molecule has 6 N–H and O–H groups in total. The summed E-state index contributed by atoms with van der Waals surface area (Å²) in [7, 11) is -4.28. The van der Waals surface area contributed by atoms with Gasteiger partial charge in [0, 0.05) is 46.0 Å². The van der Waals surface area contributed by atoms with Gasteiger partial charge in [0.1, 0.15) is 16.5 Å². The number of halogens is 2. The number of aromatic carboxylic acids is 1. The highest BCUT2D eigenvalue weighted by molar-refractivity contribution is 7.89. The van der Waals surface area contributed by atoms with E-state index < -0.39 is 32.5 Å². The number of nitrogens with one attached hydrogen (secondary N) is 3. The number of carboxylic acids is 1. The Bertz CT molecular complexity index is 1780. The molecule has 212 valence electrons. The molecule has 41 heavy (non-hydrogen) atoms. The number of aromatic amines is 1. The lowest BCUT2D eigenvalue weighted by Gasteiger charge is -2.19. The van der Waals surface area contributed by atoms with E-state index in [0.29, 0.717) is 45.4 Å². The molecule has 10 nitrogen and oxygen atoms in total. The van der Waals surface area contributed by atoms with Crippen LogP contribution in [-0.2, 0) is 16.4 Å². The lowest BCUT2D eigenvalue weighted by Crippen LogP contribution is -2.16. The maximum atomic E-state index is 14.8. The Kier molecular flexibility index (Phi) is 7.80. The fourth-order valence-corrected chi connectivity index (χ4v) is 5.63. The molecular formula is C27H24F2N6O4S2. The first-order chi connectivity index (χ1) is 19.5. The molecule has 2 aromatic heterocycles. The van der Waals surface area contributed by atoms with Crippen molar-refractivity contribution in [1.82, 2.24) is 15.2 Å². The Hall–Kier alpha value is -4.27. The minimum Gasteiger partial charge on any atom is -0.476 e. The summed E-state index contributed by atoms with van der Waals surface area (Å²) >= 11 is 1.09. The SMILES string of the molecule is N=C(/C(Cc1ccc(S(N)(=O)=O)c(F)c1)=C(/CC1CC1)Nc1nc(C(=O)O)cs1)c1ccc(F)c(-c2cn[nH]c2)c1. The maximum absolute atomic E-state index is 14.8. The second-order valence-electron chi connectivity index (χ2n) is 9.62. The second kappa shape index (κ2) is 11.3. The molecule has 1 saturated carbocycles. The zero-order valence-electron chi connectivity index (χ0n) is 21.3. The van der Waals surface area contributed by atoms with E-state index in [1.54, 1.807) is 0 Å². The third-order valence-electron chi connectivity index (χ3n) is 6.58. The smallest absolute Gasteiger partial charge is 0.355 e. The van der Waals surface area contributed by atoms with E-state index in [4.69, 9.17) is 5.14 Å². The van der Waals surface area contributed by atoms with E-state index in [2.05, 4.69) is 20.5 Å². The van der Waals surface area contributed by atoms with E-state index in [1.807, 2.05) is 0 Å². The Morgan fingerprint density at radius 3 is 2.59 bits per heavy atom. The predicted molar refractivity (Wildman–Crippen MR) is 149 cm³/mol. The molecule has 4 aromatic rings. The Labute approximate surface area is 237 Å². The van der Waals surface area contributed by atoms with E-state index >= 15 is 0 Å². The number of benzene rings is 2. The maximum Gasteiger partial charge on any atom is 0.355 e. The molecule has 1 fully saturated rings. The summed E-state index contributed by atoms with van der Waals surface area (Å²) in [5.41, 5.74) is 2.35. The van der Waals surface area contributed by atoms with Gasteiger partial charge in [0.2, 0.25) is 10.0 Å². The number of aromatic nitrogens is 3. The lowest BCUT2D eigenvalue weighted by atomic mass is 9.91. The van der Waals surface area contributed by atoms with Crippen LogP contribution in [0.15, 0.2) is 70.3 Å². The van der Waals surface area contributed by atoms with Crippen molar-refractivity contribution in [3.63, 3.8) is 0 Å². The molecule has 1 aliphatic carbocycles. The molecule has 0 saturated heterocycles. The van der Waals surface area contributed by atoms with Crippen molar-refractivity contribution in [2.45, 2.75) is 30.6 Å². The number of carboxylic acid groups (broad SMARTS) is 1. The van der Waals surface area contributed by atoms with E-state index in [1.165, 1.54) is 42.0 Å². The molecule has 0 aliphatic heterocycles. The fraction of sp³-hybridized carbons (Fsp3) is 0.185. The molecule has 1 aliphatic rings. The number of hydrogen-bond donors (Lipinski definition) is 5. The highest BCUT2D eigenvalue weighted by Crippen LogP contribution is 2.38. The number of hydrogen-bond acceptors (Lipinski definition) is 8. The van der Waals surface area contributed by atoms with Crippen LogP contribution in [0.2, 0.25) is 0 Å². The van der Waals surface area contributed by atoms with Crippen LogP contribution in [0.1, 0.15) is 40.9 Å². The fourth-order valence-electron chi connectivity index (χ4n) is 4.33. The Balaban J connectivity index is 1.61. The van der Waals surface area contributed by atoms with Gasteiger partial charge in [-0.2, -0.15) is 5.10 Å². The number of allylic oxidation sites excluding steroid dienone is 2. The molecule has 0 spiro atoms. The van der Waals surface area contributed by atoms with Crippen LogP contribution < -0.4 is 10.5 Å². The summed E-state index contributed by atoms with van der Waals surface area (Å²) in [6, 6.07) is 7.77. The minimum absolute atomic E-state index is 0.00525. The second-order valence-corrected chi connectivity index (χ2v) is 12.0. The summed E-state index contributed by atoms with van der Waals surface area (Å²) in [6.45, 7) is 0. The normalized spacial score (nSPS) is 14.0. The summed E-state index contributed by atoms with van der Waals surface area (Å²) in [4.78, 5) is 14.9. The lowest BCUT2D eigenvalue weighted by molar-refractivity contribution is 0.0691. The van der Waals surface area contributed by atoms with Crippen LogP contribution in [0, 0.1) is 23.0 Å². The average Bonchev–Trinajstić information content (AvgIpc) is 3.35. The van der Waals surface area contributed by atoms with Crippen LogP contribution in [0.5, 0.6) is 0 Å². The monoisotopic (exact) mass is 598 g/mol. The highest BCUT2D eigenvalue weighted by atomic mass is 32.2. The molecule has 2 aromatic carbocycles. The molecular weight excluding hydrogens is 574 g/mol. The van der Waals surface area contributed by atoms with Crippen LogP contribution in [-0.4, -0.2) is 40.4 Å². The van der Waals surface area contributed by atoms with Crippen molar-refractivity contribution in [3.05, 3.63) is 93.9 Å². The third-order valence-corrected chi connectivity index (χ3v) is 8.29. The topological polar surface area (TPSA) is 175 Å². The van der Waals surface area contributed by atoms with Crippen LogP contribution in [0.3, 0.4) is 0 Å². The van der Waals surface area contributed by atoms with Gasteiger partial charge in [-0.05, 0) is 61.1 Å². The molecule has 0 bridgehead atoms. The third kappa shape index (κ3) is 6.56. The summed E-state index contributed by atoms with van der Waals surface area (Å²) in [5.74, 6) is -2.40. The van der Waals surface area contributed by atoms with Crippen molar-refractivity contribution in [2.75, 3.05) is 5.32 Å². The molecule has 0 unspecified atom stereocenters. The number of carbonyl (C=O) groups is 1. The Morgan fingerprint density at radius 1 is 1.20 bits per heavy atom. The minimum atomic E-state index is -4.28. The zero-order valence-corrected chi connectivity index (χ0v) is 23.0. The number of nitrogens with two attached hydrogens (primary N) is 1. The summed E-state index contributed by atoms with van der Waals surface area (Å²) in [6.07, 6.45) is 5.42. The largest absolute Gasteiger partial charge is 0.476 e. The van der Waals surface area contributed by atoms with Crippen molar-refractivity contribution >= 4 is 38.2 Å². The summed E-state index contributed by atoms with van der Waals surface area (Å²) < 4.78 is 52.9. The van der Waals surface area contributed by atoms with Gasteiger partial charge in [-0.1, -0.05) is 6.07 Å². The standard InChI is InChI=1S/C27H24F2N6O4S2/c28-20-5-4-16(10-18(20)17-11-32-33-12-17)25(30)19(7-15-3-6-24(21(29)8-15)41(31,38)39)22(9-14-1-2-14)34-27-35-23(13-40-27)26(36)37/h3-6,8,10-14,30H,1-2,7,9H2,(H,32,33)(H,34,35)(H,36,37)(H2,31,38,39)/b22-19-,30-25?. The van der Waals surface area contributed by atoms with Gasteiger partial charge < -0.3 is 10.4 Å². The molecule has 14 heteroatoms. The number of rotatable bonds is 11. The van der Waals surface area contributed by atoms with Gasteiger partial charge in [-0.15, -0.1) is 11.3 Å². The summed E-state index contributed by atoms with van der Waals surface area (Å²) in [5, 5.41) is 35.0. The molecule has 5 rings (SSSR count). The van der Waals surface area contributed by atoms with Crippen molar-refractivity contribution in [1.29, 1.82) is 5.41 Å². The number of nitrogens with zero attached hydrogens (tertiary/aromatic N) is 2. The van der Waals surface area contributed by atoms with E-state index in [0.717, 1.165) is 36.3 Å². The molecule has 0 radical (unpaired) electrons. The molecule has 2 heterocycles. The number of primary sulfonamides is 1. The first-order valence-corrected chi connectivity index (χ1v) is 14.8. The molecule has 0 amide bonds. The van der Waals surface area contributed by atoms with Crippen LogP contribution in [0.25, 0.3) is 11.1 Å². The number of anilines is 1. The van der Waals surface area contributed by atoms with Crippen molar-refractivity contribution in [2.24, 2.45) is 11.1 Å². The molecule has 0 atom stereocenters. The van der Waals surface area contributed by atoms with Crippen LogP contribution in [0.4, 0.5) is 13.9 Å². The van der Waals surface area contributed by atoms with Gasteiger partial charge in [0.05, 0.1) is 11.9 Å². The van der Waals surface area contributed by atoms with Gasteiger partial charge in [0.25, 0.3) is 0 Å². The van der Waals surface area contributed by atoms with Crippen molar-refractivity contribution < 1.29 is 27.1 Å². The van der Waals surface area contributed by atoms with Crippen molar-refractivity contribution in [3.8, 4) is 11.1 Å². The van der Waals surface area contributed by atoms with Gasteiger partial charge in [0.15, 0.2) is 10.8 Å². The van der Waals surface area contributed by atoms with Gasteiger partial charge in [-0.3, -0.25) is 10.5 Å². The first-order valence-electron chi connectivity index (χ1n) is 12.4. The quantitative estimate of drug-likeness (QED) is 0.152. The van der Waals surface area contributed by atoms with Crippen LogP contribution >= 0.6 is 11.3 Å². The number of H-pyrrole nitrogens is 1. The Morgan fingerprint density at radius 2 is 1.98 bits per heavy atom. The highest BCUT2D eigenvalue weighted by Gasteiger charge is 2.27. The predicted octanol–water partition coefficient (Wildman–Crippen LogP) is 4.93.